The minimum Gasteiger partial charge on any atom is -0.497 e. The highest BCUT2D eigenvalue weighted by Gasteiger charge is 2.23. The molecule has 0 aliphatic heterocycles. The van der Waals surface area contributed by atoms with Crippen LogP contribution in [-0.2, 0) is 4.79 Å². The number of methoxy groups -OCH3 is 1. The van der Waals surface area contributed by atoms with Crippen LogP contribution in [0.1, 0.15) is 21.2 Å². The number of benzene rings is 5. The summed E-state index contributed by atoms with van der Waals surface area (Å²) in [6.45, 7) is 0. The molecule has 0 radical (unpaired) electrons. The van der Waals surface area contributed by atoms with Gasteiger partial charge in [-0.2, -0.15) is 0 Å². The van der Waals surface area contributed by atoms with Crippen LogP contribution < -0.4 is 15.4 Å². The summed E-state index contributed by atoms with van der Waals surface area (Å²) in [7, 11) is 1.59. The van der Waals surface area contributed by atoms with Crippen LogP contribution in [0, 0.1) is 0 Å². The molecule has 0 heterocycles. The zero-order valence-electron chi connectivity index (χ0n) is 20.8. The van der Waals surface area contributed by atoms with Crippen molar-refractivity contribution in [2.24, 2.45) is 0 Å². The summed E-state index contributed by atoms with van der Waals surface area (Å²) >= 11 is 1.44. The number of amides is 2. The van der Waals surface area contributed by atoms with Gasteiger partial charge in [0.2, 0.25) is 5.91 Å². The Morgan fingerprint density at radius 1 is 0.737 bits per heavy atom. The molecule has 0 spiro atoms. The fourth-order valence-corrected chi connectivity index (χ4v) is 5.25. The molecule has 0 aromatic heterocycles. The maximum atomic E-state index is 13.6. The Balaban J connectivity index is 1.37. The molecule has 5 aromatic carbocycles. The Hall–Kier alpha value is -4.55. The van der Waals surface area contributed by atoms with Crippen LogP contribution in [0.5, 0.6) is 5.75 Å². The summed E-state index contributed by atoms with van der Waals surface area (Å²) in [5.74, 6) is 0.349. The summed E-state index contributed by atoms with van der Waals surface area (Å²) in [5, 5.41) is 7.64. The first kappa shape index (κ1) is 25.1. The molecule has 5 rings (SSSR count). The van der Waals surface area contributed by atoms with Crippen molar-refractivity contribution >= 4 is 45.7 Å². The molecular weight excluding hydrogens is 492 g/mol. The van der Waals surface area contributed by atoms with Crippen molar-refractivity contribution in [2.75, 3.05) is 17.7 Å². The van der Waals surface area contributed by atoms with E-state index in [-0.39, 0.29) is 11.8 Å². The zero-order valence-corrected chi connectivity index (χ0v) is 21.6. The van der Waals surface area contributed by atoms with Crippen LogP contribution in [0.4, 0.5) is 11.4 Å². The fraction of sp³-hybridized carbons (Fsp3) is 0.0625. The van der Waals surface area contributed by atoms with E-state index < -0.39 is 5.25 Å². The van der Waals surface area contributed by atoms with Crippen molar-refractivity contribution in [3.63, 3.8) is 0 Å². The SMILES string of the molecule is COc1ccc(C(=O)Nc2cccc(SC(C(=O)Nc3cccc4ccccc34)c3ccccc3)c2)cc1. The van der Waals surface area contributed by atoms with Gasteiger partial charge >= 0.3 is 0 Å². The van der Waals surface area contributed by atoms with Gasteiger partial charge in [-0.05, 0) is 59.5 Å². The highest BCUT2D eigenvalue weighted by atomic mass is 32.2. The Labute approximate surface area is 225 Å². The van der Waals surface area contributed by atoms with Crippen molar-refractivity contribution in [3.8, 4) is 5.75 Å². The minimum absolute atomic E-state index is 0.120. The predicted molar refractivity (Wildman–Crippen MR) is 155 cm³/mol. The lowest BCUT2D eigenvalue weighted by Gasteiger charge is -2.18. The Bertz CT molecular complexity index is 1560. The standard InChI is InChI=1S/C32H26N2O3S/c1-37-26-19-17-24(18-20-26)31(35)33-25-13-8-14-27(21-25)38-30(23-10-3-2-4-11-23)32(36)34-29-16-7-12-22-9-5-6-15-28(22)29/h2-21,30H,1H3,(H,33,35)(H,34,36). The number of hydrogen-bond donors (Lipinski definition) is 2. The molecule has 2 amide bonds. The van der Waals surface area contributed by atoms with Crippen molar-refractivity contribution in [1.29, 1.82) is 0 Å². The van der Waals surface area contributed by atoms with E-state index >= 15 is 0 Å². The monoisotopic (exact) mass is 518 g/mol. The van der Waals surface area contributed by atoms with Gasteiger partial charge in [0.25, 0.3) is 5.91 Å². The molecule has 0 saturated carbocycles. The molecular formula is C32H26N2O3S. The highest BCUT2D eigenvalue weighted by Crippen LogP contribution is 2.38. The molecule has 0 aliphatic carbocycles. The van der Waals surface area contributed by atoms with Gasteiger partial charge in [-0.1, -0.05) is 72.8 Å². The average Bonchev–Trinajstić information content (AvgIpc) is 2.97. The molecule has 0 bridgehead atoms. The van der Waals surface area contributed by atoms with Crippen LogP contribution >= 0.6 is 11.8 Å². The summed E-state index contributed by atoms with van der Waals surface area (Å²) in [6.07, 6.45) is 0. The number of ether oxygens (including phenoxy) is 1. The average molecular weight is 519 g/mol. The smallest absolute Gasteiger partial charge is 0.255 e. The first-order valence-corrected chi connectivity index (χ1v) is 13.0. The third-order valence-corrected chi connectivity index (χ3v) is 7.33. The number of carbonyl (C=O) groups excluding carboxylic acids is 2. The number of hydrogen-bond acceptors (Lipinski definition) is 4. The van der Waals surface area contributed by atoms with Crippen molar-refractivity contribution in [2.45, 2.75) is 10.1 Å². The maximum Gasteiger partial charge on any atom is 0.255 e. The van der Waals surface area contributed by atoms with Gasteiger partial charge in [-0.3, -0.25) is 9.59 Å². The number of rotatable bonds is 8. The van der Waals surface area contributed by atoms with Gasteiger partial charge < -0.3 is 15.4 Å². The first-order chi connectivity index (χ1) is 18.6. The molecule has 0 fully saturated rings. The van der Waals surface area contributed by atoms with Crippen molar-refractivity contribution in [1.82, 2.24) is 0 Å². The largest absolute Gasteiger partial charge is 0.497 e. The van der Waals surface area contributed by atoms with E-state index in [0.29, 0.717) is 17.0 Å². The lowest BCUT2D eigenvalue weighted by Crippen LogP contribution is -2.19. The molecule has 5 nitrogen and oxygen atoms in total. The zero-order chi connectivity index (χ0) is 26.3. The van der Waals surface area contributed by atoms with Crippen LogP contribution in [0.15, 0.2) is 126 Å². The van der Waals surface area contributed by atoms with Crippen molar-refractivity contribution in [3.05, 3.63) is 132 Å². The van der Waals surface area contributed by atoms with E-state index in [1.165, 1.54) is 11.8 Å². The van der Waals surface area contributed by atoms with Gasteiger partial charge in [0, 0.05) is 27.2 Å². The normalized spacial score (nSPS) is 11.5. The topological polar surface area (TPSA) is 67.4 Å². The summed E-state index contributed by atoms with van der Waals surface area (Å²) in [6, 6.07) is 38.0. The highest BCUT2D eigenvalue weighted by molar-refractivity contribution is 8.00. The van der Waals surface area contributed by atoms with Gasteiger partial charge in [0.1, 0.15) is 11.0 Å². The Morgan fingerprint density at radius 2 is 1.45 bits per heavy atom. The molecule has 1 atom stereocenters. The molecule has 38 heavy (non-hydrogen) atoms. The third kappa shape index (κ3) is 5.88. The van der Waals surface area contributed by atoms with Gasteiger partial charge in [0.15, 0.2) is 0 Å². The summed E-state index contributed by atoms with van der Waals surface area (Å²) < 4.78 is 5.17. The van der Waals surface area contributed by atoms with Gasteiger partial charge in [-0.15, -0.1) is 11.8 Å². The van der Waals surface area contributed by atoms with Crippen LogP contribution in [0.3, 0.4) is 0 Å². The molecule has 0 saturated heterocycles. The minimum atomic E-state index is -0.497. The number of fused-ring (bicyclic) bond motifs is 1. The molecule has 5 aromatic rings. The second-order valence-corrected chi connectivity index (χ2v) is 9.81. The molecule has 188 valence electrons. The molecule has 2 N–H and O–H groups in total. The van der Waals surface area contributed by atoms with E-state index in [4.69, 9.17) is 4.74 Å². The molecule has 0 aliphatic rings. The van der Waals surface area contributed by atoms with Crippen LogP contribution in [-0.4, -0.2) is 18.9 Å². The number of nitrogens with one attached hydrogen (secondary N) is 2. The first-order valence-electron chi connectivity index (χ1n) is 12.2. The molecule has 6 heteroatoms. The number of anilines is 2. The number of carbonyl (C=O) groups is 2. The van der Waals surface area contributed by atoms with E-state index in [9.17, 15) is 9.59 Å². The Kier molecular flexibility index (Phi) is 7.71. The lowest BCUT2D eigenvalue weighted by molar-refractivity contribution is -0.115. The summed E-state index contributed by atoms with van der Waals surface area (Å²) in [4.78, 5) is 27.3. The quantitative estimate of drug-likeness (QED) is 0.208. The lowest BCUT2D eigenvalue weighted by atomic mass is 10.1. The van der Waals surface area contributed by atoms with Gasteiger partial charge in [-0.25, -0.2) is 0 Å². The fourth-order valence-electron chi connectivity index (χ4n) is 4.16. The van der Waals surface area contributed by atoms with E-state index in [0.717, 1.165) is 26.9 Å². The van der Waals surface area contributed by atoms with Crippen LogP contribution in [0.2, 0.25) is 0 Å². The maximum absolute atomic E-state index is 13.6. The summed E-state index contributed by atoms with van der Waals surface area (Å²) in [5.41, 5.74) is 2.84. The molecule has 1 unspecified atom stereocenters. The Morgan fingerprint density at radius 3 is 2.24 bits per heavy atom. The third-order valence-electron chi connectivity index (χ3n) is 6.09. The van der Waals surface area contributed by atoms with E-state index in [2.05, 4.69) is 10.6 Å². The van der Waals surface area contributed by atoms with Crippen LogP contribution in [0.25, 0.3) is 10.8 Å². The number of thioether (sulfide) groups is 1. The van der Waals surface area contributed by atoms with E-state index in [1.54, 1.807) is 31.4 Å². The second-order valence-electron chi connectivity index (χ2n) is 8.63. The van der Waals surface area contributed by atoms with E-state index in [1.807, 2.05) is 97.1 Å². The second kappa shape index (κ2) is 11.7. The predicted octanol–water partition coefficient (Wildman–Crippen LogP) is 7.57. The van der Waals surface area contributed by atoms with Crippen molar-refractivity contribution < 1.29 is 14.3 Å². The van der Waals surface area contributed by atoms with Gasteiger partial charge in [0.05, 0.1) is 7.11 Å².